The third-order valence-corrected chi connectivity index (χ3v) is 14.0. The van der Waals surface area contributed by atoms with Crippen molar-refractivity contribution < 1.29 is 47.8 Å². The van der Waals surface area contributed by atoms with E-state index in [2.05, 4.69) is 13.8 Å². The summed E-state index contributed by atoms with van der Waals surface area (Å²) in [7, 11) is -4.64. The van der Waals surface area contributed by atoms with Gasteiger partial charge in [0.05, 0.1) is 26.4 Å². The van der Waals surface area contributed by atoms with Gasteiger partial charge in [-0.25, -0.2) is 4.57 Å². The van der Waals surface area contributed by atoms with Gasteiger partial charge in [-0.05, 0) is 12.8 Å². The van der Waals surface area contributed by atoms with Crippen molar-refractivity contribution in [1.29, 1.82) is 0 Å². The number of phosphoric acid groups is 1. The molecule has 0 bridgehead atoms. The maximum atomic E-state index is 12.4. The predicted octanol–water partition coefficient (Wildman–Crippen LogP) is 16.5. The molecule has 0 radical (unpaired) electrons. The minimum atomic E-state index is -4.64. The molecule has 0 saturated heterocycles. The van der Waals surface area contributed by atoms with Crippen molar-refractivity contribution in [2.75, 3.05) is 26.4 Å². The topological polar surface area (TPSA) is 149 Å². The Morgan fingerprint density at radius 3 is 0.712 bits per heavy atom. The van der Waals surface area contributed by atoms with Gasteiger partial charge < -0.3 is 24.6 Å². The van der Waals surface area contributed by atoms with Crippen LogP contribution < -0.4 is 0 Å². The summed E-state index contributed by atoms with van der Waals surface area (Å²) in [6.45, 7) is 2.30. The van der Waals surface area contributed by atoms with Gasteiger partial charge in [-0.2, -0.15) is 0 Å². The first-order valence-corrected chi connectivity index (χ1v) is 30.0. The van der Waals surface area contributed by atoms with Gasteiger partial charge in [-0.1, -0.05) is 277 Å². The Hall–Kier alpha value is -1.03. The molecule has 0 amide bonds. The minimum absolute atomic E-state index is 0.200. The lowest BCUT2D eigenvalue weighted by molar-refractivity contribution is -0.153. The zero-order valence-corrected chi connectivity index (χ0v) is 44.3. The number of rotatable bonds is 55. The molecular weight excluding hydrogens is 852 g/mol. The number of hydrogen-bond donors (Lipinski definition) is 3. The van der Waals surface area contributed by atoms with Gasteiger partial charge in [-0.3, -0.25) is 18.6 Å². The second-order valence-electron chi connectivity index (χ2n) is 19.6. The highest BCUT2D eigenvalue weighted by Crippen LogP contribution is 2.43. The van der Waals surface area contributed by atoms with E-state index in [0.29, 0.717) is 12.8 Å². The Labute approximate surface area is 407 Å². The Morgan fingerprint density at radius 1 is 0.348 bits per heavy atom. The van der Waals surface area contributed by atoms with Crippen LogP contribution >= 0.6 is 7.82 Å². The van der Waals surface area contributed by atoms with E-state index >= 15 is 0 Å². The van der Waals surface area contributed by atoms with Gasteiger partial charge in [0.2, 0.25) is 0 Å². The van der Waals surface area contributed by atoms with E-state index in [0.717, 1.165) is 38.5 Å². The maximum Gasteiger partial charge on any atom is 0.472 e. The molecule has 0 aliphatic rings. The van der Waals surface area contributed by atoms with Crippen LogP contribution in [0.15, 0.2) is 0 Å². The SMILES string of the molecule is CCCCCCCCCCCCCCCCCCCCCCCCC(=O)OC(CO)COP(=O)(O)OCC(CO)OC(=O)CCCCCCCCCCCCCCCCCCCCCCC. The second-order valence-corrected chi connectivity index (χ2v) is 21.1. The summed E-state index contributed by atoms with van der Waals surface area (Å²) in [6.07, 6.45) is 53.7. The zero-order chi connectivity index (χ0) is 48.3. The second kappa shape index (κ2) is 51.8. The number of esters is 2. The molecule has 0 rings (SSSR count). The monoisotopic (exact) mass is 961 g/mol. The largest absolute Gasteiger partial charge is 0.472 e. The summed E-state index contributed by atoms with van der Waals surface area (Å²) in [5, 5.41) is 19.3. The quantitative estimate of drug-likeness (QED) is 0.0305. The molecule has 11 heteroatoms. The number of carbonyl (C=O) groups is 2. The van der Waals surface area contributed by atoms with Crippen molar-refractivity contribution >= 4 is 19.8 Å². The van der Waals surface area contributed by atoms with E-state index in [1.54, 1.807) is 0 Å². The number of phosphoric ester groups is 1. The van der Waals surface area contributed by atoms with Crippen molar-refractivity contribution in [3.63, 3.8) is 0 Å². The Bertz CT molecular complexity index is 1060. The Kier molecular flexibility index (Phi) is 51.0. The van der Waals surface area contributed by atoms with Crippen molar-refractivity contribution in [3.05, 3.63) is 0 Å². The third-order valence-electron chi connectivity index (χ3n) is 13.1. The summed E-state index contributed by atoms with van der Waals surface area (Å²) in [6, 6.07) is 0. The van der Waals surface area contributed by atoms with Crippen LogP contribution in [0.3, 0.4) is 0 Å². The molecule has 0 aromatic rings. The van der Waals surface area contributed by atoms with Gasteiger partial charge in [0.15, 0.2) is 0 Å². The number of unbranched alkanes of at least 4 members (excludes halogenated alkanes) is 41. The van der Waals surface area contributed by atoms with Crippen LogP contribution in [0.2, 0.25) is 0 Å². The van der Waals surface area contributed by atoms with E-state index in [-0.39, 0.29) is 12.8 Å². The molecule has 0 aromatic heterocycles. The molecule has 10 nitrogen and oxygen atoms in total. The molecule has 66 heavy (non-hydrogen) atoms. The fraction of sp³-hybridized carbons (Fsp3) is 0.964. The lowest BCUT2D eigenvalue weighted by Crippen LogP contribution is -2.28. The molecule has 3 unspecified atom stereocenters. The summed E-state index contributed by atoms with van der Waals surface area (Å²) in [5.74, 6) is -0.996. The third kappa shape index (κ3) is 49.4. The highest BCUT2D eigenvalue weighted by atomic mass is 31.2. The molecule has 0 heterocycles. The van der Waals surface area contributed by atoms with Crippen LogP contribution in [0.1, 0.15) is 303 Å². The molecule has 3 atom stereocenters. The van der Waals surface area contributed by atoms with Crippen molar-refractivity contribution in [2.24, 2.45) is 0 Å². The summed E-state index contributed by atoms with van der Waals surface area (Å²) >= 11 is 0. The van der Waals surface area contributed by atoms with Crippen molar-refractivity contribution in [2.45, 2.75) is 315 Å². The zero-order valence-electron chi connectivity index (χ0n) is 43.4. The first-order chi connectivity index (χ1) is 32.3. The van der Waals surface area contributed by atoms with E-state index < -0.39 is 58.4 Å². The summed E-state index contributed by atoms with van der Waals surface area (Å²) in [5.41, 5.74) is 0. The van der Waals surface area contributed by atoms with Gasteiger partial charge in [0.1, 0.15) is 12.2 Å². The van der Waals surface area contributed by atoms with Gasteiger partial charge in [0, 0.05) is 12.8 Å². The number of aliphatic hydroxyl groups is 2. The summed E-state index contributed by atoms with van der Waals surface area (Å²) < 4.78 is 32.8. The molecule has 0 aliphatic heterocycles. The first-order valence-electron chi connectivity index (χ1n) is 28.5. The Morgan fingerprint density at radius 2 is 0.530 bits per heavy atom. The maximum absolute atomic E-state index is 12.4. The lowest BCUT2D eigenvalue weighted by atomic mass is 10.0. The van der Waals surface area contributed by atoms with Gasteiger partial charge in [-0.15, -0.1) is 0 Å². The van der Waals surface area contributed by atoms with Crippen LogP contribution in [0.25, 0.3) is 0 Å². The Balaban J connectivity index is 3.73. The number of hydrogen-bond acceptors (Lipinski definition) is 9. The molecule has 0 fully saturated rings. The molecule has 0 aromatic carbocycles. The lowest BCUT2D eigenvalue weighted by Gasteiger charge is -2.20. The van der Waals surface area contributed by atoms with Crippen LogP contribution in [0.4, 0.5) is 0 Å². The van der Waals surface area contributed by atoms with Crippen LogP contribution in [-0.2, 0) is 32.7 Å². The highest BCUT2D eigenvalue weighted by molar-refractivity contribution is 7.47. The van der Waals surface area contributed by atoms with E-state index in [1.807, 2.05) is 0 Å². The number of aliphatic hydroxyl groups excluding tert-OH is 2. The van der Waals surface area contributed by atoms with Crippen LogP contribution in [-0.4, -0.2) is 65.7 Å². The van der Waals surface area contributed by atoms with E-state index in [9.17, 15) is 29.3 Å². The van der Waals surface area contributed by atoms with E-state index in [1.165, 1.54) is 225 Å². The van der Waals surface area contributed by atoms with Crippen LogP contribution in [0, 0.1) is 0 Å². The standard InChI is InChI=1S/C55H109O10P/c1-3-5-7-9-11-13-15-17-19-21-23-25-27-29-31-33-35-37-39-41-43-45-47-55(59)65-53(49-57)51-63-66(60,61)62-50-52(48-56)64-54(58)46-44-42-40-38-36-34-32-30-28-26-24-22-20-18-16-14-12-10-8-6-4-2/h52-53,56-57H,3-51H2,1-2H3,(H,60,61). The van der Waals surface area contributed by atoms with Crippen molar-refractivity contribution in [3.8, 4) is 0 Å². The smallest absolute Gasteiger partial charge is 0.457 e. The highest BCUT2D eigenvalue weighted by Gasteiger charge is 2.27. The van der Waals surface area contributed by atoms with E-state index in [4.69, 9.17) is 18.5 Å². The molecule has 0 saturated carbocycles. The average molecular weight is 961 g/mol. The molecule has 394 valence electrons. The number of carbonyl (C=O) groups excluding carboxylic acids is 2. The fourth-order valence-corrected chi connectivity index (χ4v) is 9.49. The minimum Gasteiger partial charge on any atom is -0.457 e. The molecule has 3 N–H and O–H groups in total. The van der Waals surface area contributed by atoms with Crippen LogP contribution in [0.5, 0.6) is 0 Å². The molecule has 0 spiro atoms. The fourth-order valence-electron chi connectivity index (χ4n) is 8.71. The molecule has 0 aliphatic carbocycles. The summed E-state index contributed by atoms with van der Waals surface area (Å²) in [4.78, 5) is 34.8. The normalized spacial score (nSPS) is 13.5. The number of ether oxygens (including phenoxy) is 2. The van der Waals surface area contributed by atoms with Gasteiger partial charge in [0.25, 0.3) is 0 Å². The first kappa shape index (κ1) is 65.0. The van der Waals surface area contributed by atoms with Crippen molar-refractivity contribution in [1.82, 2.24) is 0 Å². The predicted molar refractivity (Wildman–Crippen MR) is 275 cm³/mol. The average Bonchev–Trinajstić information content (AvgIpc) is 3.31. The van der Waals surface area contributed by atoms with Gasteiger partial charge >= 0.3 is 19.8 Å². The molecular formula is C55H109O10P.